The zero-order valence-corrected chi connectivity index (χ0v) is 11.6. The number of hydrogen-bond acceptors (Lipinski definition) is 4. The van der Waals surface area contributed by atoms with Crippen molar-refractivity contribution < 1.29 is 27.4 Å². The van der Waals surface area contributed by atoms with Crippen LogP contribution in [-0.4, -0.2) is 23.9 Å². The van der Waals surface area contributed by atoms with Crippen molar-refractivity contribution in [3.05, 3.63) is 21.0 Å². The smallest absolute Gasteiger partial charge is 0.462 e. The van der Waals surface area contributed by atoms with Gasteiger partial charge in [-0.05, 0) is 36.4 Å². The summed E-state index contributed by atoms with van der Waals surface area (Å²) in [5, 5.41) is 0. The minimum absolute atomic E-state index is 0.0317. The van der Waals surface area contributed by atoms with Gasteiger partial charge in [0.2, 0.25) is 0 Å². The summed E-state index contributed by atoms with van der Waals surface area (Å²) in [6, 6.07) is 0. The third-order valence-corrected chi connectivity index (χ3v) is 2.68. The molecular weight excluding hydrogens is 366 g/mol. The maximum Gasteiger partial charge on any atom is 0.573 e. The molecule has 0 N–H and O–H groups in total. The van der Waals surface area contributed by atoms with Crippen molar-refractivity contribution in [1.82, 2.24) is 4.98 Å². The van der Waals surface area contributed by atoms with E-state index >= 15 is 0 Å². The minimum Gasteiger partial charge on any atom is -0.462 e. The topological polar surface area (TPSA) is 48.4 Å². The number of pyridine rings is 1. The normalized spacial score (nSPS) is 11.2. The summed E-state index contributed by atoms with van der Waals surface area (Å²) in [4.78, 5) is 15.3. The predicted molar refractivity (Wildman–Crippen MR) is 64.3 cm³/mol. The fourth-order valence-corrected chi connectivity index (χ4v) is 1.80. The van der Waals surface area contributed by atoms with Gasteiger partial charge in [0.15, 0.2) is 5.75 Å². The minimum atomic E-state index is -4.89. The van der Waals surface area contributed by atoms with Crippen molar-refractivity contribution in [1.29, 1.82) is 0 Å². The molecule has 0 saturated carbocycles. The highest BCUT2D eigenvalue weighted by Crippen LogP contribution is 2.31. The van der Waals surface area contributed by atoms with Crippen molar-refractivity contribution in [3.63, 3.8) is 0 Å². The number of aromatic nitrogens is 1. The Morgan fingerprint density at radius 3 is 2.61 bits per heavy atom. The SMILES string of the molecule is CCOC(=O)c1c(I)cnc(C)c1OC(F)(F)F. The molecule has 0 aliphatic heterocycles. The van der Waals surface area contributed by atoms with E-state index in [2.05, 4.69) is 9.72 Å². The second kappa shape index (κ2) is 5.72. The van der Waals surface area contributed by atoms with Crippen molar-refractivity contribution in [2.75, 3.05) is 6.61 Å². The highest BCUT2D eigenvalue weighted by atomic mass is 127. The molecule has 0 amide bonds. The molecule has 1 rings (SSSR count). The molecule has 1 aromatic rings. The maximum absolute atomic E-state index is 12.3. The van der Waals surface area contributed by atoms with Gasteiger partial charge in [0.1, 0.15) is 5.56 Å². The average Bonchev–Trinajstić information content (AvgIpc) is 2.22. The first kappa shape index (κ1) is 15.0. The quantitative estimate of drug-likeness (QED) is 0.602. The number of alkyl halides is 3. The lowest BCUT2D eigenvalue weighted by atomic mass is 10.2. The Morgan fingerprint density at radius 1 is 1.50 bits per heavy atom. The van der Waals surface area contributed by atoms with Gasteiger partial charge in [0.25, 0.3) is 0 Å². The molecule has 0 bridgehead atoms. The Hall–Kier alpha value is -1.06. The van der Waals surface area contributed by atoms with Crippen LogP contribution in [0.5, 0.6) is 5.75 Å². The van der Waals surface area contributed by atoms with Gasteiger partial charge in [-0.3, -0.25) is 4.98 Å². The van der Waals surface area contributed by atoms with Gasteiger partial charge in [0.05, 0.1) is 12.3 Å². The molecule has 8 heteroatoms. The van der Waals surface area contributed by atoms with Crippen molar-refractivity contribution in [3.8, 4) is 5.75 Å². The first-order chi connectivity index (χ1) is 8.26. The van der Waals surface area contributed by atoms with Crippen LogP contribution in [0.25, 0.3) is 0 Å². The largest absolute Gasteiger partial charge is 0.573 e. The van der Waals surface area contributed by atoms with Crippen LogP contribution in [0.1, 0.15) is 23.0 Å². The van der Waals surface area contributed by atoms with Crippen LogP contribution in [0, 0.1) is 10.5 Å². The molecule has 1 aromatic heterocycles. The summed E-state index contributed by atoms with van der Waals surface area (Å²) >= 11 is 1.70. The Kier molecular flexibility index (Phi) is 4.77. The van der Waals surface area contributed by atoms with E-state index in [4.69, 9.17) is 4.74 Å². The Morgan fingerprint density at radius 2 is 2.11 bits per heavy atom. The zero-order valence-electron chi connectivity index (χ0n) is 9.47. The lowest BCUT2D eigenvalue weighted by Crippen LogP contribution is -2.21. The van der Waals surface area contributed by atoms with Crippen LogP contribution in [0.15, 0.2) is 6.20 Å². The summed E-state index contributed by atoms with van der Waals surface area (Å²) in [7, 11) is 0. The van der Waals surface area contributed by atoms with Gasteiger partial charge >= 0.3 is 12.3 Å². The van der Waals surface area contributed by atoms with Crippen molar-refractivity contribution >= 4 is 28.6 Å². The first-order valence-corrected chi connectivity index (χ1v) is 5.92. The van der Waals surface area contributed by atoms with E-state index in [9.17, 15) is 18.0 Å². The van der Waals surface area contributed by atoms with Crippen LogP contribution in [0.2, 0.25) is 0 Å². The zero-order chi connectivity index (χ0) is 13.9. The lowest BCUT2D eigenvalue weighted by molar-refractivity contribution is -0.275. The summed E-state index contributed by atoms with van der Waals surface area (Å²) < 4.78 is 45.6. The summed E-state index contributed by atoms with van der Waals surface area (Å²) in [5.74, 6) is -1.49. The van der Waals surface area contributed by atoms with E-state index in [0.29, 0.717) is 0 Å². The molecule has 0 saturated heterocycles. The van der Waals surface area contributed by atoms with Crippen molar-refractivity contribution in [2.45, 2.75) is 20.2 Å². The number of ether oxygens (including phenoxy) is 2. The molecule has 0 aliphatic carbocycles. The van der Waals surface area contributed by atoms with E-state index in [1.807, 2.05) is 0 Å². The fourth-order valence-electron chi connectivity index (χ4n) is 1.20. The van der Waals surface area contributed by atoms with Gasteiger partial charge in [-0.1, -0.05) is 0 Å². The van der Waals surface area contributed by atoms with Crippen LogP contribution >= 0.6 is 22.6 Å². The molecule has 0 atom stereocenters. The van der Waals surface area contributed by atoms with Gasteiger partial charge in [-0.2, -0.15) is 0 Å². The fraction of sp³-hybridized carbons (Fsp3) is 0.400. The van der Waals surface area contributed by atoms with Crippen LogP contribution in [0.4, 0.5) is 13.2 Å². The number of nitrogens with zero attached hydrogens (tertiary/aromatic N) is 1. The first-order valence-electron chi connectivity index (χ1n) is 4.84. The molecule has 0 radical (unpaired) electrons. The molecule has 100 valence electrons. The summed E-state index contributed by atoms with van der Waals surface area (Å²) in [5.41, 5.74) is -0.293. The second-order valence-electron chi connectivity index (χ2n) is 3.16. The highest BCUT2D eigenvalue weighted by molar-refractivity contribution is 14.1. The van der Waals surface area contributed by atoms with Crippen LogP contribution < -0.4 is 4.74 Å². The predicted octanol–water partition coefficient (Wildman–Crippen LogP) is 3.07. The number of aryl methyl sites for hydroxylation is 1. The van der Waals surface area contributed by atoms with Gasteiger partial charge in [-0.25, -0.2) is 4.79 Å². The molecule has 0 spiro atoms. The van der Waals surface area contributed by atoms with Gasteiger partial charge in [0, 0.05) is 9.77 Å². The van der Waals surface area contributed by atoms with Gasteiger partial charge < -0.3 is 9.47 Å². The van der Waals surface area contributed by atoms with Gasteiger partial charge in [-0.15, -0.1) is 13.2 Å². The summed E-state index contributed by atoms with van der Waals surface area (Å²) in [6.07, 6.45) is -3.61. The molecule has 0 aromatic carbocycles. The average molecular weight is 375 g/mol. The standard InChI is InChI=1S/C10H9F3INO3/c1-3-17-9(16)7-6(14)4-15-5(2)8(7)18-10(11,12)13/h4H,3H2,1-2H3. The van der Waals surface area contributed by atoms with Crippen LogP contribution in [-0.2, 0) is 4.74 Å². The third kappa shape index (κ3) is 3.72. The second-order valence-corrected chi connectivity index (χ2v) is 4.33. The van der Waals surface area contributed by atoms with Crippen LogP contribution in [0.3, 0.4) is 0 Å². The molecular formula is C10H9F3INO3. The number of hydrogen-bond donors (Lipinski definition) is 0. The number of rotatable bonds is 3. The molecule has 0 aliphatic rings. The highest BCUT2D eigenvalue weighted by Gasteiger charge is 2.35. The molecule has 0 fully saturated rings. The van der Waals surface area contributed by atoms with Crippen molar-refractivity contribution in [2.24, 2.45) is 0 Å². The third-order valence-electron chi connectivity index (χ3n) is 1.86. The molecule has 1 heterocycles. The molecule has 0 unspecified atom stereocenters. The lowest BCUT2D eigenvalue weighted by Gasteiger charge is -2.15. The summed E-state index contributed by atoms with van der Waals surface area (Å²) in [6.45, 7) is 2.94. The number of halogens is 4. The number of esters is 1. The Balaban J connectivity index is 3.29. The maximum atomic E-state index is 12.3. The number of carbonyl (C=O) groups is 1. The van der Waals surface area contributed by atoms with E-state index in [1.165, 1.54) is 13.1 Å². The number of carbonyl (C=O) groups excluding carboxylic acids is 1. The Bertz CT molecular complexity index is 462. The molecule has 18 heavy (non-hydrogen) atoms. The monoisotopic (exact) mass is 375 g/mol. The van der Waals surface area contributed by atoms with E-state index in [1.54, 1.807) is 29.5 Å². The molecule has 4 nitrogen and oxygen atoms in total. The van der Waals surface area contributed by atoms with E-state index in [-0.39, 0.29) is 21.4 Å². The Labute approximate surface area is 115 Å². The van der Waals surface area contributed by atoms with E-state index in [0.717, 1.165) is 0 Å². The van der Waals surface area contributed by atoms with E-state index < -0.39 is 18.1 Å².